The Morgan fingerprint density at radius 2 is 2.07 bits per heavy atom. The van der Waals surface area contributed by atoms with E-state index in [1.165, 1.54) is 0 Å². The van der Waals surface area contributed by atoms with Gasteiger partial charge < -0.3 is 15.0 Å². The number of rotatable bonds is 6. The quantitative estimate of drug-likeness (QED) is 0.723. The van der Waals surface area contributed by atoms with Gasteiger partial charge in [-0.05, 0) is 38.0 Å². The highest BCUT2D eigenvalue weighted by Gasteiger charge is 2.18. The summed E-state index contributed by atoms with van der Waals surface area (Å²) in [5.41, 5.74) is 1.74. The van der Waals surface area contributed by atoms with E-state index in [1.807, 2.05) is 11.8 Å². The van der Waals surface area contributed by atoms with Crippen LogP contribution in [-0.2, 0) is 16.0 Å². The van der Waals surface area contributed by atoms with Crippen LogP contribution in [-0.4, -0.2) is 42.2 Å². The van der Waals surface area contributed by atoms with Gasteiger partial charge in [-0.3, -0.25) is 14.6 Å². The zero-order valence-corrected chi connectivity index (χ0v) is 17.9. The van der Waals surface area contributed by atoms with E-state index in [0.29, 0.717) is 60.0 Å². The van der Waals surface area contributed by atoms with Crippen LogP contribution in [0.5, 0.6) is 0 Å². The van der Waals surface area contributed by atoms with Crippen molar-refractivity contribution in [2.24, 2.45) is 0 Å². The molecular formula is C20H24Cl2N4O3. The maximum absolute atomic E-state index is 12.5. The molecule has 1 atom stereocenters. The van der Waals surface area contributed by atoms with E-state index < -0.39 is 0 Å². The van der Waals surface area contributed by atoms with Crippen molar-refractivity contribution in [3.05, 3.63) is 55.4 Å². The summed E-state index contributed by atoms with van der Waals surface area (Å²) in [7, 11) is 0. The van der Waals surface area contributed by atoms with Gasteiger partial charge in [0.1, 0.15) is 0 Å². The Hall–Kier alpha value is -2.09. The number of aromatic nitrogens is 2. The molecule has 0 spiro atoms. The molecule has 1 aliphatic rings. The fraction of sp³-hybridized carbons (Fsp3) is 0.450. The van der Waals surface area contributed by atoms with Crippen molar-refractivity contribution in [1.82, 2.24) is 15.3 Å². The number of aromatic amines is 1. The van der Waals surface area contributed by atoms with Gasteiger partial charge in [-0.1, -0.05) is 29.3 Å². The lowest BCUT2D eigenvalue weighted by Gasteiger charge is -2.27. The summed E-state index contributed by atoms with van der Waals surface area (Å²) in [5.74, 6) is 0.384. The van der Waals surface area contributed by atoms with Gasteiger partial charge in [0.2, 0.25) is 11.9 Å². The number of halogens is 2. The van der Waals surface area contributed by atoms with Crippen LogP contribution in [0, 0.1) is 6.92 Å². The third kappa shape index (κ3) is 5.50. The molecule has 9 heteroatoms. The molecule has 2 heterocycles. The summed E-state index contributed by atoms with van der Waals surface area (Å²) < 4.78 is 5.33. The number of aryl methyl sites for hydroxylation is 1. The van der Waals surface area contributed by atoms with Crippen LogP contribution in [0.15, 0.2) is 23.0 Å². The van der Waals surface area contributed by atoms with Gasteiger partial charge in [0.05, 0.1) is 19.3 Å². The standard InChI is InChI=1S/C20H24Cl2N4O3/c1-12(15-4-3-14(21)11-17(15)22)23-18(27)6-5-16-13(2)24-20(25-19(16)28)26-7-9-29-10-8-26/h3-4,11-12H,5-10H2,1-2H3,(H,23,27)(H,24,25,28). The number of morpholine rings is 1. The largest absolute Gasteiger partial charge is 0.378 e. The predicted octanol–water partition coefficient (Wildman–Crippen LogP) is 3.03. The number of hydrogen-bond donors (Lipinski definition) is 2. The maximum Gasteiger partial charge on any atom is 0.255 e. The van der Waals surface area contributed by atoms with Crippen molar-refractivity contribution in [2.45, 2.75) is 32.7 Å². The number of carbonyl (C=O) groups excluding carboxylic acids is 1. The molecule has 1 aliphatic heterocycles. The first-order valence-electron chi connectivity index (χ1n) is 9.52. The average molecular weight is 439 g/mol. The van der Waals surface area contributed by atoms with Crippen LogP contribution in [0.1, 0.15) is 36.2 Å². The van der Waals surface area contributed by atoms with E-state index in [4.69, 9.17) is 27.9 Å². The fourth-order valence-corrected chi connectivity index (χ4v) is 3.87. The van der Waals surface area contributed by atoms with Gasteiger partial charge in [0.15, 0.2) is 0 Å². The minimum atomic E-state index is -0.270. The first kappa shape index (κ1) is 21.6. The summed E-state index contributed by atoms with van der Waals surface area (Å²) in [6.45, 7) is 6.25. The molecule has 1 aromatic carbocycles. The Bertz CT molecular complexity index is 942. The monoisotopic (exact) mass is 438 g/mol. The molecule has 1 unspecified atom stereocenters. The van der Waals surface area contributed by atoms with Gasteiger partial charge in [0, 0.05) is 40.8 Å². The third-order valence-corrected chi connectivity index (χ3v) is 5.49. The zero-order chi connectivity index (χ0) is 21.0. The number of amides is 1. The van der Waals surface area contributed by atoms with E-state index in [0.717, 1.165) is 5.56 Å². The second-order valence-corrected chi connectivity index (χ2v) is 7.85. The maximum atomic E-state index is 12.5. The molecule has 2 aromatic rings. The average Bonchev–Trinajstić information content (AvgIpc) is 2.67. The number of nitrogens with one attached hydrogen (secondary N) is 2. The van der Waals surface area contributed by atoms with Gasteiger partial charge in [-0.2, -0.15) is 0 Å². The second-order valence-electron chi connectivity index (χ2n) is 7.01. The van der Waals surface area contributed by atoms with E-state index in [1.54, 1.807) is 25.1 Å². The molecule has 1 aromatic heterocycles. The Labute approximate surface area is 179 Å². The summed E-state index contributed by atoms with van der Waals surface area (Å²) in [6, 6.07) is 4.90. The summed E-state index contributed by atoms with van der Waals surface area (Å²) in [4.78, 5) is 34.2. The number of carbonyl (C=O) groups is 1. The molecule has 3 rings (SSSR count). The van der Waals surface area contributed by atoms with Crippen LogP contribution >= 0.6 is 23.2 Å². The molecule has 0 aliphatic carbocycles. The molecule has 0 bridgehead atoms. The molecule has 7 nitrogen and oxygen atoms in total. The molecule has 1 amide bonds. The lowest BCUT2D eigenvalue weighted by Crippen LogP contribution is -2.38. The van der Waals surface area contributed by atoms with Crippen molar-refractivity contribution in [3.63, 3.8) is 0 Å². The lowest BCUT2D eigenvalue weighted by molar-refractivity contribution is -0.121. The summed E-state index contributed by atoms with van der Waals surface area (Å²) in [5, 5.41) is 3.95. The third-order valence-electron chi connectivity index (χ3n) is 4.93. The van der Waals surface area contributed by atoms with Gasteiger partial charge in [-0.25, -0.2) is 4.98 Å². The minimum absolute atomic E-state index is 0.167. The van der Waals surface area contributed by atoms with Crippen molar-refractivity contribution in [1.29, 1.82) is 0 Å². The highest BCUT2D eigenvalue weighted by atomic mass is 35.5. The molecule has 2 N–H and O–H groups in total. The van der Waals surface area contributed by atoms with Crippen LogP contribution in [0.2, 0.25) is 10.0 Å². The number of anilines is 1. The molecule has 1 saturated heterocycles. The van der Waals surface area contributed by atoms with Crippen molar-refractivity contribution in [3.8, 4) is 0 Å². The predicted molar refractivity (Wildman–Crippen MR) is 114 cm³/mol. The lowest BCUT2D eigenvalue weighted by atomic mass is 10.1. The summed E-state index contributed by atoms with van der Waals surface area (Å²) >= 11 is 12.1. The Morgan fingerprint density at radius 1 is 1.34 bits per heavy atom. The van der Waals surface area contributed by atoms with E-state index >= 15 is 0 Å². The van der Waals surface area contributed by atoms with Gasteiger partial charge in [0.25, 0.3) is 5.56 Å². The van der Waals surface area contributed by atoms with Crippen molar-refractivity contribution < 1.29 is 9.53 Å². The molecular weight excluding hydrogens is 415 g/mol. The molecule has 0 saturated carbocycles. The topological polar surface area (TPSA) is 87.3 Å². The smallest absolute Gasteiger partial charge is 0.255 e. The van der Waals surface area contributed by atoms with Crippen LogP contribution in [0.3, 0.4) is 0 Å². The van der Waals surface area contributed by atoms with Crippen molar-refractivity contribution in [2.75, 3.05) is 31.2 Å². The van der Waals surface area contributed by atoms with E-state index in [9.17, 15) is 9.59 Å². The first-order chi connectivity index (χ1) is 13.8. The normalized spacial score (nSPS) is 15.2. The zero-order valence-electron chi connectivity index (χ0n) is 16.4. The van der Waals surface area contributed by atoms with Gasteiger partial charge >= 0.3 is 0 Å². The van der Waals surface area contributed by atoms with E-state index in [-0.39, 0.29) is 23.9 Å². The second kappa shape index (κ2) is 9.61. The molecule has 156 valence electrons. The molecule has 29 heavy (non-hydrogen) atoms. The number of benzene rings is 1. The Balaban J connectivity index is 1.61. The van der Waals surface area contributed by atoms with Crippen molar-refractivity contribution >= 4 is 35.1 Å². The molecule has 0 radical (unpaired) electrons. The SMILES string of the molecule is Cc1nc(N2CCOCC2)[nH]c(=O)c1CCC(=O)NC(C)c1ccc(Cl)cc1Cl. The Morgan fingerprint density at radius 3 is 2.72 bits per heavy atom. The highest BCUT2D eigenvalue weighted by molar-refractivity contribution is 6.35. The molecule has 1 fully saturated rings. The van der Waals surface area contributed by atoms with E-state index in [2.05, 4.69) is 15.3 Å². The number of H-pyrrole nitrogens is 1. The number of hydrogen-bond acceptors (Lipinski definition) is 5. The fourth-order valence-electron chi connectivity index (χ4n) is 3.30. The first-order valence-corrected chi connectivity index (χ1v) is 10.3. The Kier molecular flexibility index (Phi) is 7.16. The van der Waals surface area contributed by atoms with Crippen LogP contribution in [0.25, 0.3) is 0 Å². The number of nitrogens with zero attached hydrogens (tertiary/aromatic N) is 2. The number of ether oxygens (including phenoxy) is 1. The van der Waals surface area contributed by atoms with Crippen LogP contribution < -0.4 is 15.8 Å². The van der Waals surface area contributed by atoms with Crippen LogP contribution in [0.4, 0.5) is 5.95 Å². The summed E-state index contributed by atoms with van der Waals surface area (Å²) in [6.07, 6.45) is 0.489. The highest BCUT2D eigenvalue weighted by Crippen LogP contribution is 2.26. The van der Waals surface area contributed by atoms with Gasteiger partial charge in [-0.15, -0.1) is 0 Å². The minimum Gasteiger partial charge on any atom is -0.378 e.